The quantitative estimate of drug-likeness (QED) is 0.517. The SMILES string of the molecule is C[C@H](OC(=O)c1ccc(Cl)nc1)C(=O)Nc1ccc(F)c(F)c1F. The van der Waals surface area contributed by atoms with Gasteiger partial charge in [-0.15, -0.1) is 0 Å². The third-order valence-electron chi connectivity index (χ3n) is 2.91. The van der Waals surface area contributed by atoms with E-state index < -0.39 is 41.1 Å². The monoisotopic (exact) mass is 358 g/mol. The second kappa shape index (κ2) is 7.31. The Morgan fingerprint density at radius 1 is 1.17 bits per heavy atom. The highest BCUT2D eigenvalue weighted by atomic mass is 35.5. The van der Waals surface area contributed by atoms with Crippen LogP contribution in [0.25, 0.3) is 0 Å². The number of rotatable bonds is 4. The van der Waals surface area contributed by atoms with Crippen LogP contribution in [0.15, 0.2) is 30.5 Å². The smallest absolute Gasteiger partial charge is 0.340 e. The molecule has 1 atom stereocenters. The first-order chi connectivity index (χ1) is 11.3. The van der Waals surface area contributed by atoms with E-state index in [2.05, 4.69) is 4.98 Å². The van der Waals surface area contributed by atoms with Crippen LogP contribution in [0.4, 0.5) is 18.9 Å². The molecule has 0 aliphatic rings. The van der Waals surface area contributed by atoms with Crippen LogP contribution in [-0.2, 0) is 9.53 Å². The number of hydrogen-bond donors (Lipinski definition) is 1. The lowest BCUT2D eigenvalue weighted by Gasteiger charge is -2.14. The van der Waals surface area contributed by atoms with E-state index in [1.165, 1.54) is 19.1 Å². The molecule has 1 heterocycles. The molecule has 0 bridgehead atoms. The number of hydrogen-bond acceptors (Lipinski definition) is 4. The number of ether oxygens (including phenoxy) is 1. The van der Waals surface area contributed by atoms with Crippen molar-refractivity contribution in [2.45, 2.75) is 13.0 Å². The summed E-state index contributed by atoms with van der Waals surface area (Å²) in [6, 6.07) is 4.21. The van der Waals surface area contributed by atoms with Crippen molar-refractivity contribution in [1.29, 1.82) is 0 Å². The summed E-state index contributed by atoms with van der Waals surface area (Å²) in [5, 5.41) is 2.18. The predicted octanol–water partition coefficient (Wildman–Crippen LogP) is 3.34. The van der Waals surface area contributed by atoms with Gasteiger partial charge in [0.25, 0.3) is 5.91 Å². The fourth-order valence-corrected chi connectivity index (χ4v) is 1.75. The highest BCUT2D eigenvalue weighted by Crippen LogP contribution is 2.20. The van der Waals surface area contributed by atoms with Gasteiger partial charge in [0.2, 0.25) is 0 Å². The van der Waals surface area contributed by atoms with Gasteiger partial charge in [0.15, 0.2) is 23.6 Å². The molecule has 0 radical (unpaired) electrons. The molecule has 0 saturated heterocycles. The van der Waals surface area contributed by atoms with Gasteiger partial charge in [0.05, 0.1) is 11.3 Å². The molecule has 0 aliphatic carbocycles. The van der Waals surface area contributed by atoms with Crippen molar-refractivity contribution in [3.8, 4) is 0 Å². The zero-order valence-corrected chi connectivity index (χ0v) is 12.9. The summed E-state index contributed by atoms with van der Waals surface area (Å²) >= 11 is 5.58. The number of anilines is 1. The first-order valence-corrected chi connectivity index (χ1v) is 6.94. The molecule has 1 aromatic heterocycles. The zero-order chi connectivity index (χ0) is 17.9. The van der Waals surface area contributed by atoms with Gasteiger partial charge < -0.3 is 10.1 Å². The third-order valence-corrected chi connectivity index (χ3v) is 3.13. The van der Waals surface area contributed by atoms with Gasteiger partial charge in [0.1, 0.15) is 5.15 Å². The molecule has 126 valence electrons. The molecular weight excluding hydrogens is 349 g/mol. The normalized spacial score (nSPS) is 11.7. The number of carbonyl (C=O) groups excluding carboxylic acids is 2. The molecular formula is C15H10ClF3N2O3. The molecule has 1 N–H and O–H groups in total. The van der Waals surface area contributed by atoms with E-state index in [1.54, 1.807) is 0 Å². The maximum Gasteiger partial charge on any atom is 0.340 e. The Hall–Kier alpha value is -2.61. The minimum absolute atomic E-state index is 0.0538. The number of amides is 1. The Morgan fingerprint density at radius 2 is 1.88 bits per heavy atom. The average molecular weight is 359 g/mol. The molecule has 9 heteroatoms. The van der Waals surface area contributed by atoms with Crippen LogP contribution in [0.5, 0.6) is 0 Å². The summed E-state index contributed by atoms with van der Waals surface area (Å²) in [7, 11) is 0. The molecule has 2 rings (SSSR count). The Morgan fingerprint density at radius 3 is 2.50 bits per heavy atom. The van der Waals surface area contributed by atoms with Crippen LogP contribution in [0.1, 0.15) is 17.3 Å². The van der Waals surface area contributed by atoms with E-state index in [1.807, 2.05) is 5.32 Å². The third kappa shape index (κ3) is 4.02. The number of pyridine rings is 1. The molecule has 0 spiro atoms. The number of carbonyl (C=O) groups is 2. The molecule has 5 nitrogen and oxygen atoms in total. The summed E-state index contributed by atoms with van der Waals surface area (Å²) in [6.45, 7) is 1.23. The molecule has 0 fully saturated rings. The lowest BCUT2D eigenvalue weighted by molar-refractivity contribution is -0.123. The van der Waals surface area contributed by atoms with Crippen LogP contribution in [0, 0.1) is 17.5 Å². The van der Waals surface area contributed by atoms with E-state index >= 15 is 0 Å². The fourth-order valence-electron chi connectivity index (χ4n) is 1.64. The standard InChI is InChI=1S/C15H10ClF3N2O3/c1-7(24-15(23)8-2-5-11(16)20-6-8)14(22)21-10-4-3-9(17)12(18)13(10)19/h2-7H,1H3,(H,21,22)/t7-/m0/s1. The Balaban J connectivity index is 2.03. The van der Waals surface area contributed by atoms with E-state index in [9.17, 15) is 22.8 Å². The minimum Gasteiger partial charge on any atom is -0.449 e. The number of halogens is 4. The first-order valence-electron chi connectivity index (χ1n) is 6.56. The first kappa shape index (κ1) is 17.7. The number of nitrogens with zero attached hydrogens (tertiary/aromatic N) is 1. The average Bonchev–Trinajstić information content (AvgIpc) is 2.55. The van der Waals surface area contributed by atoms with Gasteiger partial charge in [-0.05, 0) is 31.2 Å². The van der Waals surface area contributed by atoms with Crippen molar-refractivity contribution < 1.29 is 27.5 Å². The molecule has 0 aliphatic heterocycles. The summed E-state index contributed by atoms with van der Waals surface area (Å²) in [4.78, 5) is 27.4. The minimum atomic E-state index is -1.72. The maximum absolute atomic E-state index is 13.5. The van der Waals surface area contributed by atoms with Crippen molar-refractivity contribution in [3.63, 3.8) is 0 Å². The van der Waals surface area contributed by atoms with Gasteiger partial charge in [0, 0.05) is 6.20 Å². The molecule has 0 unspecified atom stereocenters. The fraction of sp³-hybridized carbons (Fsp3) is 0.133. The second-order valence-corrected chi connectivity index (χ2v) is 5.02. The lowest BCUT2D eigenvalue weighted by Crippen LogP contribution is -2.30. The van der Waals surface area contributed by atoms with Crippen LogP contribution in [-0.4, -0.2) is 23.0 Å². The maximum atomic E-state index is 13.5. The molecule has 0 saturated carbocycles. The van der Waals surface area contributed by atoms with Gasteiger partial charge in [-0.2, -0.15) is 0 Å². The van der Waals surface area contributed by atoms with Crippen molar-refractivity contribution in [2.75, 3.05) is 5.32 Å². The number of esters is 1. The molecule has 1 amide bonds. The van der Waals surface area contributed by atoms with E-state index in [0.29, 0.717) is 6.07 Å². The number of nitrogens with one attached hydrogen (secondary N) is 1. The van der Waals surface area contributed by atoms with Crippen LogP contribution < -0.4 is 5.32 Å². The van der Waals surface area contributed by atoms with E-state index in [4.69, 9.17) is 16.3 Å². The van der Waals surface area contributed by atoms with Crippen molar-refractivity contribution >= 4 is 29.2 Å². The van der Waals surface area contributed by atoms with Crippen LogP contribution in [0.3, 0.4) is 0 Å². The number of aromatic nitrogens is 1. The van der Waals surface area contributed by atoms with Crippen molar-refractivity contribution in [1.82, 2.24) is 4.98 Å². The van der Waals surface area contributed by atoms with E-state index in [0.717, 1.165) is 12.3 Å². The topological polar surface area (TPSA) is 68.3 Å². The summed E-state index contributed by atoms with van der Waals surface area (Å²) < 4.78 is 44.3. The van der Waals surface area contributed by atoms with Crippen LogP contribution >= 0.6 is 11.6 Å². The number of benzene rings is 1. The predicted molar refractivity (Wildman–Crippen MR) is 79.1 cm³/mol. The molecule has 2 aromatic rings. The van der Waals surface area contributed by atoms with Gasteiger partial charge in [-0.1, -0.05) is 11.6 Å². The summed E-state index contributed by atoms with van der Waals surface area (Å²) in [6.07, 6.45) is -0.162. The van der Waals surface area contributed by atoms with Gasteiger partial charge >= 0.3 is 5.97 Å². The lowest BCUT2D eigenvalue weighted by atomic mass is 10.2. The summed E-state index contributed by atoms with van der Waals surface area (Å²) in [5.41, 5.74) is -0.520. The van der Waals surface area contributed by atoms with Crippen molar-refractivity contribution in [2.24, 2.45) is 0 Å². The largest absolute Gasteiger partial charge is 0.449 e. The zero-order valence-electron chi connectivity index (χ0n) is 12.1. The second-order valence-electron chi connectivity index (χ2n) is 4.63. The highest BCUT2D eigenvalue weighted by Gasteiger charge is 2.22. The summed E-state index contributed by atoms with van der Waals surface area (Å²) in [5.74, 6) is -6.43. The molecule has 24 heavy (non-hydrogen) atoms. The highest BCUT2D eigenvalue weighted by molar-refractivity contribution is 6.29. The van der Waals surface area contributed by atoms with Gasteiger partial charge in [-0.3, -0.25) is 4.79 Å². The van der Waals surface area contributed by atoms with Crippen LogP contribution in [0.2, 0.25) is 5.15 Å². The van der Waals surface area contributed by atoms with Gasteiger partial charge in [-0.25, -0.2) is 22.9 Å². The molecule has 1 aromatic carbocycles. The Labute approximate surface area is 139 Å². The Bertz CT molecular complexity index is 784. The van der Waals surface area contributed by atoms with E-state index in [-0.39, 0.29) is 10.7 Å². The Kier molecular flexibility index (Phi) is 5.40. The van der Waals surface area contributed by atoms with Crippen molar-refractivity contribution in [3.05, 3.63) is 58.6 Å².